The molecule has 4 nitrogen and oxygen atoms in total. The molecule has 0 aromatic heterocycles. The molecule has 0 aromatic carbocycles. The highest BCUT2D eigenvalue weighted by Gasteiger charge is 2.38. The summed E-state index contributed by atoms with van der Waals surface area (Å²) in [6.07, 6.45) is -0.522. The molecule has 4 heteroatoms. The minimum absolute atomic E-state index is 0.0851. The van der Waals surface area contributed by atoms with Gasteiger partial charge in [0.25, 0.3) is 0 Å². The van der Waals surface area contributed by atoms with Crippen molar-refractivity contribution in [2.75, 3.05) is 19.7 Å². The molecule has 0 saturated carbocycles. The van der Waals surface area contributed by atoms with E-state index in [1.165, 1.54) is 0 Å². The summed E-state index contributed by atoms with van der Waals surface area (Å²) in [6.45, 7) is 3.24. The van der Waals surface area contributed by atoms with Crippen LogP contribution in [0.3, 0.4) is 0 Å². The Kier molecular flexibility index (Phi) is 3.46. The molecule has 0 unspecified atom stereocenters. The summed E-state index contributed by atoms with van der Waals surface area (Å²) in [6, 6.07) is -0.278. The lowest BCUT2D eigenvalue weighted by Crippen LogP contribution is -2.39. The van der Waals surface area contributed by atoms with Gasteiger partial charge in [-0.15, -0.1) is 0 Å². The van der Waals surface area contributed by atoms with Crippen molar-refractivity contribution in [2.45, 2.75) is 31.6 Å². The first-order chi connectivity index (χ1) is 5.70. The molecular weight excluding hydrogens is 158 g/mol. The summed E-state index contributed by atoms with van der Waals surface area (Å²) in [4.78, 5) is 1.93. The topological polar surface area (TPSA) is 63.9 Å². The van der Waals surface area contributed by atoms with E-state index >= 15 is 0 Å². The molecule has 12 heavy (non-hydrogen) atoms. The molecule has 0 aromatic rings. The van der Waals surface area contributed by atoms with Crippen LogP contribution in [-0.4, -0.2) is 58.2 Å². The highest BCUT2D eigenvalue weighted by molar-refractivity contribution is 4.92. The fourth-order valence-corrected chi connectivity index (χ4v) is 1.72. The van der Waals surface area contributed by atoms with Crippen LogP contribution in [0.5, 0.6) is 0 Å². The zero-order valence-corrected chi connectivity index (χ0v) is 7.35. The quantitative estimate of drug-likeness (QED) is 0.504. The van der Waals surface area contributed by atoms with Gasteiger partial charge in [-0.1, -0.05) is 6.92 Å². The Bertz CT molecular complexity index is 142. The van der Waals surface area contributed by atoms with E-state index in [-0.39, 0.29) is 12.6 Å². The number of aliphatic hydroxyl groups is 3. The van der Waals surface area contributed by atoms with Gasteiger partial charge in [0, 0.05) is 6.54 Å². The second-order valence-corrected chi connectivity index (χ2v) is 3.30. The Morgan fingerprint density at radius 2 is 2.08 bits per heavy atom. The van der Waals surface area contributed by atoms with Crippen LogP contribution >= 0.6 is 0 Å². The predicted molar refractivity (Wildman–Crippen MR) is 44.8 cm³/mol. The van der Waals surface area contributed by atoms with Gasteiger partial charge in [0.1, 0.15) is 0 Å². The first kappa shape index (κ1) is 9.92. The molecule has 1 saturated heterocycles. The van der Waals surface area contributed by atoms with E-state index in [1.54, 1.807) is 0 Å². The Hall–Kier alpha value is -0.160. The third kappa shape index (κ3) is 1.77. The Labute approximate surface area is 72.4 Å². The van der Waals surface area contributed by atoms with Crippen molar-refractivity contribution >= 4 is 0 Å². The van der Waals surface area contributed by atoms with Gasteiger partial charge in [0.2, 0.25) is 0 Å². The third-order valence-corrected chi connectivity index (χ3v) is 2.38. The molecule has 1 fully saturated rings. The molecule has 1 aliphatic rings. The second kappa shape index (κ2) is 4.18. The minimum Gasteiger partial charge on any atom is -0.395 e. The monoisotopic (exact) mass is 175 g/mol. The summed E-state index contributed by atoms with van der Waals surface area (Å²) >= 11 is 0. The van der Waals surface area contributed by atoms with Crippen molar-refractivity contribution < 1.29 is 15.3 Å². The number of nitrogens with zero attached hydrogens (tertiary/aromatic N) is 1. The summed E-state index contributed by atoms with van der Waals surface area (Å²) in [5.41, 5.74) is 0. The van der Waals surface area contributed by atoms with Crippen molar-refractivity contribution in [3.63, 3.8) is 0 Å². The number of β-amino-alcohol motifs (C(OH)–C–C–N with tert-alkyl or cyclic N) is 1. The largest absolute Gasteiger partial charge is 0.395 e. The SMILES string of the molecule is CCCN1C[C@H](O)[C@@H](O)[C@@H]1CO. The second-order valence-electron chi connectivity index (χ2n) is 3.30. The van der Waals surface area contributed by atoms with Crippen LogP contribution in [0.4, 0.5) is 0 Å². The maximum Gasteiger partial charge on any atom is 0.0988 e. The van der Waals surface area contributed by atoms with E-state index in [0.717, 1.165) is 13.0 Å². The lowest BCUT2D eigenvalue weighted by molar-refractivity contribution is 0.0217. The fraction of sp³-hybridized carbons (Fsp3) is 1.00. The van der Waals surface area contributed by atoms with Gasteiger partial charge in [-0.05, 0) is 13.0 Å². The lowest BCUT2D eigenvalue weighted by Gasteiger charge is -2.22. The summed E-state index contributed by atoms with van der Waals surface area (Å²) in [5, 5.41) is 27.6. The summed E-state index contributed by atoms with van der Waals surface area (Å²) in [5.74, 6) is 0. The molecule has 1 aliphatic heterocycles. The molecule has 72 valence electrons. The predicted octanol–water partition coefficient (Wildman–Crippen LogP) is -1.21. The van der Waals surface area contributed by atoms with E-state index < -0.39 is 12.2 Å². The number of hydrogen-bond acceptors (Lipinski definition) is 4. The van der Waals surface area contributed by atoms with Crippen molar-refractivity contribution in [1.82, 2.24) is 4.90 Å². The van der Waals surface area contributed by atoms with E-state index in [2.05, 4.69) is 0 Å². The van der Waals surface area contributed by atoms with Crippen LogP contribution in [0.1, 0.15) is 13.3 Å². The van der Waals surface area contributed by atoms with E-state index in [0.29, 0.717) is 6.54 Å². The average molecular weight is 175 g/mol. The van der Waals surface area contributed by atoms with Crippen LogP contribution in [0, 0.1) is 0 Å². The van der Waals surface area contributed by atoms with E-state index in [1.807, 2.05) is 11.8 Å². The van der Waals surface area contributed by atoms with E-state index in [4.69, 9.17) is 5.11 Å². The molecule has 3 atom stereocenters. The molecule has 0 bridgehead atoms. The summed E-state index contributed by atoms with van der Waals surface area (Å²) in [7, 11) is 0. The van der Waals surface area contributed by atoms with Crippen molar-refractivity contribution in [2.24, 2.45) is 0 Å². The maximum absolute atomic E-state index is 9.40. The Morgan fingerprint density at radius 1 is 1.42 bits per heavy atom. The molecule has 0 spiro atoms. The van der Waals surface area contributed by atoms with Crippen molar-refractivity contribution in [3.05, 3.63) is 0 Å². The normalized spacial score (nSPS) is 37.5. The molecule has 3 N–H and O–H groups in total. The van der Waals surface area contributed by atoms with Gasteiger partial charge in [-0.2, -0.15) is 0 Å². The zero-order chi connectivity index (χ0) is 9.14. The van der Waals surface area contributed by atoms with Crippen LogP contribution in [0.25, 0.3) is 0 Å². The smallest absolute Gasteiger partial charge is 0.0988 e. The minimum atomic E-state index is -0.790. The third-order valence-electron chi connectivity index (χ3n) is 2.38. The van der Waals surface area contributed by atoms with Crippen molar-refractivity contribution in [1.29, 1.82) is 0 Å². The molecule has 0 radical (unpaired) electrons. The van der Waals surface area contributed by atoms with E-state index in [9.17, 15) is 10.2 Å². The average Bonchev–Trinajstić information content (AvgIpc) is 2.29. The molecule has 1 heterocycles. The van der Waals surface area contributed by atoms with Gasteiger partial charge in [0.05, 0.1) is 24.9 Å². The standard InChI is InChI=1S/C8H17NO3/c1-2-3-9-4-7(11)8(12)6(9)5-10/h6-8,10-12H,2-5H2,1H3/t6-,7-,8-/m0/s1. The maximum atomic E-state index is 9.40. The summed E-state index contributed by atoms with van der Waals surface area (Å²) < 4.78 is 0. The first-order valence-corrected chi connectivity index (χ1v) is 4.41. The Balaban J connectivity index is 2.52. The molecule has 0 amide bonds. The van der Waals surface area contributed by atoms with Gasteiger partial charge in [-0.25, -0.2) is 0 Å². The number of aliphatic hydroxyl groups excluding tert-OH is 3. The van der Waals surface area contributed by atoms with Crippen molar-refractivity contribution in [3.8, 4) is 0 Å². The van der Waals surface area contributed by atoms with Crippen LogP contribution in [0.15, 0.2) is 0 Å². The Morgan fingerprint density at radius 3 is 2.58 bits per heavy atom. The number of rotatable bonds is 3. The lowest BCUT2D eigenvalue weighted by atomic mass is 10.1. The molecule has 1 rings (SSSR count). The van der Waals surface area contributed by atoms with Gasteiger partial charge < -0.3 is 15.3 Å². The number of hydrogen-bond donors (Lipinski definition) is 3. The zero-order valence-electron chi connectivity index (χ0n) is 7.35. The highest BCUT2D eigenvalue weighted by Crippen LogP contribution is 2.18. The van der Waals surface area contributed by atoms with Gasteiger partial charge in [-0.3, -0.25) is 4.90 Å². The first-order valence-electron chi connectivity index (χ1n) is 4.41. The highest BCUT2D eigenvalue weighted by atomic mass is 16.3. The van der Waals surface area contributed by atoms with Crippen LogP contribution < -0.4 is 0 Å². The molecule has 0 aliphatic carbocycles. The van der Waals surface area contributed by atoms with Gasteiger partial charge >= 0.3 is 0 Å². The fourth-order valence-electron chi connectivity index (χ4n) is 1.72. The van der Waals surface area contributed by atoms with Gasteiger partial charge in [0.15, 0.2) is 0 Å². The van der Waals surface area contributed by atoms with Crippen LogP contribution in [-0.2, 0) is 0 Å². The molecular formula is C8H17NO3. The number of likely N-dealkylation sites (tertiary alicyclic amines) is 1. The van der Waals surface area contributed by atoms with Crippen LogP contribution in [0.2, 0.25) is 0 Å².